The second kappa shape index (κ2) is 6.76. The largest absolute Gasteiger partial charge is 0.309 e. The predicted octanol–water partition coefficient (Wildman–Crippen LogP) is 2.96. The molecule has 134 valence electrons. The van der Waals surface area contributed by atoms with Gasteiger partial charge in [-0.25, -0.2) is 8.42 Å². The van der Waals surface area contributed by atoms with Gasteiger partial charge in [0, 0.05) is 18.7 Å². The first-order chi connectivity index (χ1) is 12.0. The third kappa shape index (κ3) is 3.62. The molecule has 5 nitrogen and oxygen atoms in total. The van der Waals surface area contributed by atoms with Crippen LogP contribution in [0.25, 0.3) is 0 Å². The number of benzene rings is 1. The normalized spacial score (nSPS) is 25.0. The Morgan fingerprint density at radius 2 is 2.08 bits per heavy atom. The summed E-state index contributed by atoms with van der Waals surface area (Å²) in [5, 5.41) is 10.1. The molecular formula is C18H23N3O2S2. The minimum Gasteiger partial charge on any atom is -0.309 e. The Balaban J connectivity index is 1.49. The highest BCUT2D eigenvalue weighted by atomic mass is 32.2. The van der Waals surface area contributed by atoms with Crippen LogP contribution in [0.4, 0.5) is 0 Å². The van der Waals surface area contributed by atoms with E-state index in [0.717, 1.165) is 30.2 Å². The van der Waals surface area contributed by atoms with Gasteiger partial charge in [-0.1, -0.05) is 36.0 Å². The van der Waals surface area contributed by atoms with Crippen LogP contribution in [-0.2, 0) is 29.7 Å². The molecule has 1 aromatic heterocycles. The van der Waals surface area contributed by atoms with Gasteiger partial charge in [-0.3, -0.25) is 0 Å². The van der Waals surface area contributed by atoms with E-state index in [0.29, 0.717) is 23.2 Å². The lowest BCUT2D eigenvalue weighted by Crippen LogP contribution is -2.11. The number of aromatic nitrogens is 3. The lowest BCUT2D eigenvalue weighted by Gasteiger charge is -2.24. The summed E-state index contributed by atoms with van der Waals surface area (Å²) >= 11 is 1.78. The van der Waals surface area contributed by atoms with E-state index in [1.807, 2.05) is 11.6 Å². The molecule has 0 saturated carbocycles. The third-order valence-corrected chi connectivity index (χ3v) is 8.46. The molecule has 0 bridgehead atoms. The fourth-order valence-electron chi connectivity index (χ4n) is 3.88. The van der Waals surface area contributed by atoms with Gasteiger partial charge in [0.05, 0.1) is 11.5 Å². The Morgan fingerprint density at radius 1 is 1.24 bits per heavy atom. The Hall–Kier alpha value is -1.34. The van der Waals surface area contributed by atoms with Crippen LogP contribution in [0.5, 0.6) is 0 Å². The van der Waals surface area contributed by atoms with E-state index < -0.39 is 9.84 Å². The molecule has 0 N–H and O–H groups in total. The minimum absolute atomic E-state index is 0.182. The molecule has 0 radical (unpaired) electrons. The minimum atomic E-state index is -2.84. The van der Waals surface area contributed by atoms with Crippen molar-refractivity contribution < 1.29 is 8.42 Å². The molecule has 0 unspecified atom stereocenters. The van der Waals surface area contributed by atoms with Crippen molar-refractivity contribution in [2.24, 2.45) is 13.0 Å². The van der Waals surface area contributed by atoms with E-state index in [2.05, 4.69) is 34.5 Å². The van der Waals surface area contributed by atoms with Crippen molar-refractivity contribution in [3.05, 3.63) is 41.2 Å². The van der Waals surface area contributed by atoms with E-state index in [1.165, 1.54) is 17.5 Å². The van der Waals surface area contributed by atoms with Crippen LogP contribution in [0.1, 0.15) is 41.5 Å². The van der Waals surface area contributed by atoms with E-state index in [9.17, 15) is 8.42 Å². The molecule has 2 atom stereocenters. The first-order valence-corrected chi connectivity index (χ1v) is 11.5. The van der Waals surface area contributed by atoms with E-state index >= 15 is 0 Å². The second-order valence-corrected chi connectivity index (χ2v) is 10.5. The molecule has 7 heteroatoms. The van der Waals surface area contributed by atoms with Crippen molar-refractivity contribution in [3.63, 3.8) is 0 Å². The zero-order valence-corrected chi connectivity index (χ0v) is 16.0. The summed E-state index contributed by atoms with van der Waals surface area (Å²) in [5.74, 6) is 1.68. The van der Waals surface area contributed by atoms with Crippen LogP contribution in [0.15, 0.2) is 29.4 Å². The Bertz CT molecular complexity index is 876. The first-order valence-electron chi connectivity index (χ1n) is 8.85. The lowest BCUT2D eigenvalue weighted by molar-refractivity contribution is 0.552. The Labute approximate surface area is 153 Å². The maximum absolute atomic E-state index is 11.7. The van der Waals surface area contributed by atoms with Gasteiger partial charge < -0.3 is 4.57 Å². The van der Waals surface area contributed by atoms with Crippen molar-refractivity contribution in [2.45, 2.75) is 42.5 Å². The summed E-state index contributed by atoms with van der Waals surface area (Å²) in [7, 11) is -0.845. The molecule has 1 saturated heterocycles. The summed E-state index contributed by atoms with van der Waals surface area (Å²) in [5.41, 5.74) is 2.87. The van der Waals surface area contributed by atoms with Gasteiger partial charge in [0.2, 0.25) is 0 Å². The average Bonchev–Trinajstić information content (AvgIpc) is 3.11. The highest BCUT2D eigenvalue weighted by Gasteiger charge is 2.30. The number of hydrogen-bond donors (Lipinski definition) is 0. The monoisotopic (exact) mass is 377 g/mol. The number of thioether (sulfide) groups is 1. The predicted molar refractivity (Wildman–Crippen MR) is 99.4 cm³/mol. The number of fused-ring (bicyclic) bond motifs is 1. The highest BCUT2D eigenvalue weighted by Crippen LogP contribution is 2.42. The summed E-state index contributed by atoms with van der Waals surface area (Å²) in [6.07, 6.45) is 4.97. The van der Waals surface area contributed by atoms with Gasteiger partial charge >= 0.3 is 0 Å². The number of hydrogen-bond acceptors (Lipinski definition) is 5. The molecule has 0 spiro atoms. The van der Waals surface area contributed by atoms with Gasteiger partial charge in [-0.15, -0.1) is 10.2 Å². The topological polar surface area (TPSA) is 64.8 Å². The van der Waals surface area contributed by atoms with Gasteiger partial charge in [0.25, 0.3) is 0 Å². The molecule has 2 aromatic rings. The molecule has 1 aliphatic heterocycles. The maximum Gasteiger partial charge on any atom is 0.191 e. The van der Waals surface area contributed by atoms with Crippen LogP contribution >= 0.6 is 11.8 Å². The van der Waals surface area contributed by atoms with Gasteiger partial charge in [-0.2, -0.15) is 0 Å². The highest BCUT2D eigenvalue weighted by molar-refractivity contribution is 7.99. The second-order valence-electron chi connectivity index (χ2n) is 7.13. The van der Waals surface area contributed by atoms with Gasteiger partial charge in [0.1, 0.15) is 5.82 Å². The third-order valence-electron chi connectivity index (χ3n) is 5.29. The SMILES string of the molecule is Cn1c(C[C@@H]2CCS(=O)(=O)C2)nnc1S[C@H]1CCCc2ccccc21. The van der Waals surface area contributed by atoms with E-state index in [-0.39, 0.29) is 5.92 Å². The Morgan fingerprint density at radius 3 is 2.88 bits per heavy atom. The zero-order chi connectivity index (χ0) is 17.4. The van der Waals surface area contributed by atoms with Crippen LogP contribution in [0.2, 0.25) is 0 Å². The molecule has 1 aromatic carbocycles. The molecule has 25 heavy (non-hydrogen) atoms. The van der Waals surface area contributed by atoms with Crippen LogP contribution in [0.3, 0.4) is 0 Å². The fraction of sp³-hybridized carbons (Fsp3) is 0.556. The van der Waals surface area contributed by atoms with Crippen LogP contribution < -0.4 is 0 Å². The summed E-state index contributed by atoms with van der Waals surface area (Å²) in [6, 6.07) is 8.68. The molecule has 4 rings (SSSR count). The standard InChI is InChI=1S/C18H23N3O2S2/c1-21-17(11-13-9-10-25(22,23)12-13)19-20-18(21)24-16-8-4-6-14-5-2-3-7-15(14)16/h2-3,5,7,13,16H,4,6,8-12H2,1H3/t13-,16-/m0/s1. The van der Waals surface area contributed by atoms with Crippen molar-refractivity contribution in [2.75, 3.05) is 11.5 Å². The molecular weight excluding hydrogens is 354 g/mol. The Kier molecular flexibility index (Phi) is 4.62. The number of rotatable bonds is 4. The van der Waals surface area contributed by atoms with Gasteiger partial charge in [-0.05, 0) is 42.7 Å². The van der Waals surface area contributed by atoms with Crippen molar-refractivity contribution in [3.8, 4) is 0 Å². The number of sulfone groups is 1. The molecule has 1 aliphatic carbocycles. The van der Waals surface area contributed by atoms with Crippen molar-refractivity contribution in [1.29, 1.82) is 0 Å². The quantitative estimate of drug-likeness (QED) is 0.820. The number of nitrogens with zero attached hydrogens (tertiary/aromatic N) is 3. The zero-order valence-electron chi connectivity index (χ0n) is 14.4. The first kappa shape index (κ1) is 17.1. The summed E-state index contributed by atoms with van der Waals surface area (Å²) in [4.78, 5) is 0. The molecule has 2 heterocycles. The van der Waals surface area contributed by atoms with Crippen molar-refractivity contribution in [1.82, 2.24) is 14.8 Å². The maximum atomic E-state index is 11.7. The van der Waals surface area contributed by atoms with Crippen LogP contribution in [-0.4, -0.2) is 34.7 Å². The van der Waals surface area contributed by atoms with E-state index in [4.69, 9.17) is 0 Å². The summed E-state index contributed by atoms with van der Waals surface area (Å²) < 4.78 is 25.4. The smallest absolute Gasteiger partial charge is 0.191 e. The lowest BCUT2D eigenvalue weighted by atomic mass is 9.91. The molecule has 0 amide bonds. The fourth-order valence-corrected chi connectivity index (χ4v) is 6.98. The van der Waals surface area contributed by atoms with Crippen molar-refractivity contribution >= 4 is 21.6 Å². The molecule has 2 aliphatic rings. The molecule has 1 fully saturated rings. The number of aryl methyl sites for hydroxylation is 1. The van der Waals surface area contributed by atoms with Gasteiger partial charge in [0.15, 0.2) is 15.0 Å². The van der Waals surface area contributed by atoms with E-state index in [1.54, 1.807) is 11.8 Å². The summed E-state index contributed by atoms with van der Waals surface area (Å²) in [6.45, 7) is 0. The average molecular weight is 378 g/mol. The van der Waals surface area contributed by atoms with Crippen LogP contribution in [0, 0.1) is 5.92 Å².